The first-order valence-corrected chi connectivity index (χ1v) is 15.2. The van der Waals surface area contributed by atoms with Crippen molar-refractivity contribution in [2.75, 3.05) is 39.3 Å². The summed E-state index contributed by atoms with van der Waals surface area (Å²) in [5.41, 5.74) is 0. The molecule has 37 heavy (non-hydrogen) atoms. The van der Waals surface area contributed by atoms with E-state index >= 15 is 0 Å². The van der Waals surface area contributed by atoms with E-state index in [1.807, 2.05) is 4.90 Å². The van der Waals surface area contributed by atoms with E-state index in [0.29, 0.717) is 43.5 Å². The number of carbonyl (C=O) groups excluding carboxylic acids is 2. The smallest absolute Gasteiger partial charge is 0.242 e. The van der Waals surface area contributed by atoms with E-state index in [-0.39, 0.29) is 23.3 Å². The number of benzene rings is 2. The molecule has 3 fully saturated rings. The molecule has 3 aliphatic rings. The largest absolute Gasteiger partial charge is 0.341 e. The molecule has 0 spiro atoms. The molecule has 1 atom stereocenters. The lowest BCUT2D eigenvalue weighted by Gasteiger charge is -2.41. The maximum Gasteiger partial charge on any atom is 0.242 e. The Balaban J connectivity index is 1.17. The monoisotopic (exact) mass is 546 g/mol. The highest BCUT2D eigenvalue weighted by atomic mass is 35.5. The number of hydrogen-bond acceptors (Lipinski definition) is 5. The molecule has 5 rings (SSSR count). The summed E-state index contributed by atoms with van der Waals surface area (Å²) in [5, 5.41) is 2.17. The van der Waals surface area contributed by atoms with E-state index in [1.54, 1.807) is 30.3 Å². The summed E-state index contributed by atoms with van der Waals surface area (Å²) >= 11 is 6.03. The molecule has 2 aromatic rings. The van der Waals surface area contributed by atoms with Crippen LogP contribution in [0.5, 0.6) is 0 Å². The number of nitrogens with zero attached hydrogens (tertiary/aromatic N) is 3. The van der Waals surface area contributed by atoms with Crippen LogP contribution in [-0.4, -0.2) is 86.3 Å². The fraction of sp³-hybridized carbons (Fsp3) is 0.556. The molecule has 0 saturated carbocycles. The maximum atomic E-state index is 13.2. The second-order valence-corrected chi connectivity index (χ2v) is 12.6. The molecule has 200 valence electrons. The number of hydrogen-bond donors (Lipinski definition) is 1. The molecule has 1 unspecified atom stereocenters. The molecule has 0 aromatic heterocycles. The van der Waals surface area contributed by atoms with Crippen molar-refractivity contribution in [1.82, 2.24) is 19.4 Å². The van der Waals surface area contributed by atoms with Gasteiger partial charge in [0.15, 0.2) is 0 Å². The molecule has 3 aliphatic heterocycles. The quantitative estimate of drug-likeness (QED) is 0.601. The van der Waals surface area contributed by atoms with Crippen LogP contribution in [0.1, 0.15) is 44.9 Å². The minimum Gasteiger partial charge on any atom is -0.341 e. The molecular weight excluding hydrogens is 512 g/mol. The molecule has 2 aromatic carbocycles. The average molecular weight is 547 g/mol. The zero-order valence-electron chi connectivity index (χ0n) is 21.1. The molecule has 3 saturated heterocycles. The molecule has 0 bridgehead atoms. The van der Waals surface area contributed by atoms with Crippen molar-refractivity contribution in [1.29, 1.82) is 0 Å². The summed E-state index contributed by atoms with van der Waals surface area (Å²) in [7, 11) is -3.91. The molecule has 2 amide bonds. The van der Waals surface area contributed by atoms with Gasteiger partial charge in [0.05, 0.1) is 11.4 Å². The highest BCUT2D eigenvalue weighted by Gasteiger charge is 2.35. The van der Waals surface area contributed by atoms with Crippen LogP contribution in [0.3, 0.4) is 0 Å². The average Bonchev–Trinajstić information content (AvgIpc) is 2.91. The van der Waals surface area contributed by atoms with Gasteiger partial charge in [-0.2, -0.15) is 4.72 Å². The lowest BCUT2D eigenvalue weighted by atomic mass is 9.99. The van der Waals surface area contributed by atoms with Crippen molar-refractivity contribution in [2.45, 2.75) is 61.9 Å². The van der Waals surface area contributed by atoms with Crippen molar-refractivity contribution in [2.24, 2.45) is 0 Å². The van der Waals surface area contributed by atoms with E-state index < -0.39 is 16.1 Å². The summed E-state index contributed by atoms with van der Waals surface area (Å²) in [4.78, 5) is 32.2. The highest BCUT2D eigenvalue weighted by Crippen LogP contribution is 2.24. The van der Waals surface area contributed by atoms with Gasteiger partial charge in [-0.1, -0.05) is 30.2 Å². The lowest BCUT2D eigenvalue weighted by molar-refractivity contribution is -0.144. The Hall–Kier alpha value is -2.20. The molecule has 1 N–H and O–H groups in total. The van der Waals surface area contributed by atoms with E-state index in [1.165, 1.54) is 30.2 Å². The van der Waals surface area contributed by atoms with Gasteiger partial charge in [0.2, 0.25) is 21.8 Å². The van der Waals surface area contributed by atoms with Crippen molar-refractivity contribution in [3.63, 3.8) is 0 Å². The lowest BCUT2D eigenvalue weighted by Crippen LogP contribution is -2.55. The van der Waals surface area contributed by atoms with Crippen LogP contribution in [-0.2, 0) is 19.6 Å². The van der Waals surface area contributed by atoms with Gasteiger partial charge in [0.25, 0.3) is 0 Å². The minimum atomic E-state index is -3.91. The Labute approximate surface area is 224 Å². The Morgan fingerprint density at radius 2 is 1.59 bits per heavy atom. The van der Waals surface area contributed by atoms with Crippen LogP contribution in [0.25, 0.3) is 10.8 Å². The molecule has 8 nitrogen and oxygen atoms in total. The van der Waals surface area contributed by atoms with Crippen LogP contribution in [0.4, 0.5) is 0 Å². The number of sulfonamides is 1. The number of piperidine rings is 3. The van der Waals surface area contributed by atoms with Crippen molar-refractivity contribution in [3.8, 4) is 0 Å². The Bertz CT molecular complexity index is 1260. The van der Waals surface area contributed by atoms with Gasteiger partial charge in [-0.25, -0.2) is 8.42 Å². The van der Waals surface area contributed by atoms with Gasteiger partial charge in [0, 0.05) is 30.7 Å². The van der Waals surface area contributed by atoms with Crippen LogP contribution < -0.4 is 4.72 Å². The number of amides is 2. The summed E-state index contributed by atoms with van der Waals surface area (Å²) in [5.74, 6) is -0.388. The minimum absolute atomic E-state index is 0.00216. The maximum absolute atomic E-state index is 13.2. The topological polar surface area (TPSA) is 90.0 Å². The Kier molecular flexibility index (Phi) is 8.04. The third kappa shape index (κ3) is 6.11. The van der Waals surface area contributed by atoms with Crippen molar-refractivity contribution >= 4 is 44.2 Å². The third-order valence-corrected chi connectivity index (χ3v) is 9.67. The van der Waals surface area contributed by atoms with Gasteiger partial charge in [-0.3, -0.25) is 9.59 Å². The molecule has 3 heterocycles. The zero-order chi connectivity index (χ0) is 26.0. The Morgan fingerprint density at radius 1 is 0.892 bits per heavy atom. The van der Waals surface area contributed by atoms with Gasteiger partial charge in [-0.05, 0) is 86.7 Å². The van der Waals surface area contributed by atoms with E-state index in [9.17, 15) is 18.0 Å². The number of halogens is 1. The van der Waals surface area contributed by atoms with E-state index in [4.69, 9.17) is 11.6 Å². The fourth-order valence-corrected chi connectivity index (χ4v) is 7.29. The SMILES string of the molecule is O=C(CN1CCCC(NS(=O)(=O)c2ccc3cc(Cl)ccc3c2)C1=O)N1CCC(N2CCCCC2)CC1. The number of likely N-dealkylation sites (tertiary alicyclic amines) is 3. The van der Waals surface area contributed by atoms with Crippen LogP contribution in [0, 0.1) is 0 Å². The molecule has 0 radical (unpaired) electrons. The van der Waals surface area contributed by atoms with Crippen LogP contribution in [0.2, 0.25) is 5.02 Å². The number of nitrogens with one attached hydrogen (secondary N) is 1. The fourth-order valence-electron chi connectivity index (χ4n) is 5.85. The summed E-state index contributed by atoms with van der Waals surface area (Å²) in [6.45, 7) is 4.21. The number of carbonyl (C=O) groups is 2. The van der Waals surface area contributed by atoms with Crippen LogP contribution in [0.15, 0.2) is 41.3 Å². The summed E-state index contributed by atoms with van der Waals surface area (Å²) in [6.07, 6.45) is 6.83. The second kappa shape index (κ2) is 11.3. The van der Waals surface area contributed by atoms with Gasteiger partial charge in [-0.15, -0.1) is 0 Å². The van der Waals surface area contributed by atoms with Gasteiger partial charge >= 0.3 is 0 Å². The second-order valence-electron chi connectivity index (χ2n) is 10.4. The van der Waals surface area contributed by atoms with Crippen molar-refractivity contribution < 1.29 is 18.0 Å². The van der Waals surface area contributed by atoms with Gasteiger partial charge < -0.3 is 14.7 Å². The third-order valence-electron chi connectivity index (χ3n) is 7.96. The normalized spacial score (nSPS) is 22.5. The molecule has 0 aliphatic carbocycles. The van der Waals surface area contributed by atoms with Crippen molar-refractivity contribution in [3.05, 3.63) is 41.4 Å². The summed E-state index contributed by atoms with van der Waals surface area (Å²) in [6, 6.07) is 9.73. The number of rotatable bonds is 6. The van der Waals surface area contributed by atoms with Crippen LogP contribution >= 0.6 is 11.6 Å². The first-order valence-electron chi connectivity index (χ1n) is 13.3. The predicted molar refractivity (Wildman–Crippen MR) is 144 cm³/mol. The standard InChI is InChI=1S/C27H35ClN4O4S/c28-22-8-6-21-18-24(9-7-20(21)17-22)37(35,36)29-25-5-4-14-32(27(25)34)19-26(33)31-15-10-23(11-16-31)30-12-2-1-3-13-30/h6-9,17-18,23,25,29H,1-5,10-16,19H2. The van der Waals surface area contributed by atoms with E-state index in [0.717, 1.165) is 36.7 Å². The first-order chi connectivity index (χ1) is 17.8. The van der Waals surface area contributed by atoms with E-state index in [2.05, 4.69) is 9.62 Å². The molecule has 10 heteroatoms. The predicted octanol–water partition coefficient (Wildman–Crippen LogP) is 3.24. The van der Waals surface area contributed by atoms with Gasteiger partial charge in [0.1, 0.15) is 6.04 Å². The zero-order valence-corrected chi connectivity index (χ0v) is 22.6. The Morgan fingerprint density at radius 3 is 2.35 bits per heavy atom. The highest BCUT2D eigenvalue weighted by molar-refractivity contribution is 7.89. The molecular formula is C27H35ClN4O4S. The first kappa shape index (κ1) is 26.4. The summed E-state index contributed by atoms with van der Waals surface area (Å²) < 4.78 is 28.8. The number of fused-ring (bicyclic) bond motifs is 1.